The van der Waals surface area contributed by atoms with Gasteiger partial charge in [-0.25, -0.2) is 0 Å². The van der Waals surface area contributed by atoms with Gasteiger partial charge in [-0.15, -0.1) is 0 Å². The molecule has 2 heterocycles. The van der Waals surface area contributed by atoms with E-state index in [4.69, 9.17) is 8.83 Å². The molecule has 3 nitrogen and oxygen atoms in total. The van der Waals surface area contributed by atoms with E-state index in [1.165, 1.54) is 61.2 Å². The van der Waals surface area contributed by atoms with Crippen molar-refractivity contribution in [1.29, 1.82) is 0 Å². The summed E-state index contributed by atoms with van der Waals surface area (Å²) in [4.78, 5) is 2.46. The van der Waals surface area contributed by atoms with Crippen LogP contribution >= 0.6 is 0 Å². The lowest BCUT2D eigenvalue weighted by molar-refractivity contribution is 0.660. The van der Waals surface area contributed by atoms with E-state index in [0.717, 1.165) is 60.9 Å². The molecule has 0 fully saturated rings. The minimum Gasteiger partial charge on any atom is -0.456 e. The van der Waals surface area contributed by atoms with Gasteiger partial charge in [-0.05, 0) is 123 Å². The quantitative estimate of drug-likeness (QED) is 0.150. The van der Waals surface area contributed by atoms with Crippen LogP contribution in [-0.4, -0.2) is 0 Å². The Morgan fingerprint density at radius 3 is 1.73 bits per heavy atom. The predicted molar refractivity (Wildman–Crippen MR) is 268 cm³/mol. The van der Waals surface area contributed by atoms with E-state index in [-0.39, 0.29) is 16.7 Å². The fraction of sp³-hybridized carbons (Fsp3) is 0.148. The van der Waals surface area contributed by atoms with Crippen molar-refractivity contribution in [2.45, 2.75) is 58.3 Å². The Morgan fingerprint density at radius 1 is 0.484 bits per heavy atom. The molecule has 3 heteroatoms. The van der Waals surface area contributed by atoms with Crippen LogP contribution < -0.4 is 4.90 Å². The van der Waals surface area contributed by atoms with Crippen molar-refractivity contribution in [3.8, 4) is 33.4 Å². The molecule has 1 unspecified atom stereocenters. The molecule has 2 aliphatic rings. The van der Waals surface area contributed by atoms with E-state index in [2.05, 4.69) is 210 Å². The van der Waals surface area contributed by atoms with Gasteiger partial charge in [-0.1, -0.05) is 156 Å². The third-order valence-electron chi connectivity index (χ3n) is 14.5. The van der Waals surface area contributed by atoms with Crippen molar-refractivity contribution < 1.29 is 8.83 Å². The molecule has 10 aromatic rings. The molecule has 0 aliphatic heterocycles. The number of hydrogen-bond donors (Lipinski definition) is 0. The zero-order valence-corrected chi connectivity index (χ0v) is 37.2. The smallest absolute Gasteiger partial charge is 0.139 e. The fourth-order valence-corrected chi connectivity index (χ4v) is 11.0. The third-order valence-corrected chi connectivity index (χ3v) is 14.5. The van der Waals surface area contributed by atoms with Crippen LogP contribution in [0.2, 0.25) is 0 Å². The van der Waals surface area contributed by atoms with Gasteiger partial charge in [0.15, 0.2) is 0 Å². The van der Waals surface area contributed by atoms with Gasteiger partial charge < -0.3 is 13.7 Å². The molecule has 2 aliphatic carbocycles. The van der Waals surface area contributed by atoms with Crippen molar-refractivity contribution in [3.05, 3.63) is 216 Å². The lowest BCUT2D eigenvalue weighted by Crippen LogP contribution is -2.20. The average molecular weight is 828 g/mol. The summed E-state index contributed by atoms with van der Waals surface area (Å²) in [5.41, 5.74) is 21.0. The van der Waals surface area contributed by atoms with Gasteiger partial charge in [0.05, 0.1) is 0 Å². The SMILES string of the molecule is C/C=C(\C=C/C(C)c1cccc2c1oc1ccccc12)N(c1ccc2c(c1)C(C)(C)c1ccccc1-2)c1ccc2c(c1)C(C)(C)c1cc(-c3ccc4oc5ccccc5c4c3)ccc1-2. The Morgan fingerprint density at radius 2 is 1.02 bits per heavy atom. The summed E-state index contributed by atoms with van der Waals surface area (Å²) in [5.74, 6) is 0.102. The highest BCUT2D eigenvalue weighted by Crippen LogP contribution is 2.53. The largest absolute Gasteiger partial charge is 0.456 e. The van der Waals surface area contributed by atoms with Crippen LogP contribution in [0, 0.1) is 0 Å². The number of para-hydroxylation sites is 3. The molecule has 8 aromatic carbocycles. The van der Waals surface area contributed by atoms with Gasteiger partial charge in [0.1, 0.15) is 22.3 Å². The van der Waals surface area contributed by atoms with Crippen molar-refractivity contribution >= 4 is 55.3 Å². The first kappa shape index (κ1) is 38.3. The van der Waals surface area contributed by atoms with Crippen LogP contribution in [0.3, 0.4) is 0 Å². The third kappa shape index (κ3) is 5.66. The van der Waals surface area contributed by atoms with Crippen molar-refractivity contribution in [1.82, 2.24) is 0 Å². The van der Waals surface area contributed by atoms with Crippen molar-refractivity contribution in [2.24, 2.45) is 0 Å². The van der Waals surface area contributed by atoms with Crippen molar-refractivity contribution in [2.75, 3.05) is 4.90 Å². The summed E-state index contributed by atoms with van der Waals surface area (Å²) in [7, 11) is 0. The zero-order valence-electron chi connectivity index (χ0n) is 37.2. The Labute approximate surface area is 374 Å². The summed E-state index contributed by atoms with van der Waals surface area (Å²) >= 11 is 0. The molecular weight excluding hydrogens is 779 g/mol. The monoisotopic (exact) mass is 827 g/mol. The molecule has 0 saturated carbocycles. The lowest BCUT2D eigenvalue weighted by atomic mass is 9.81. The predicted octanol–water partition coefficient (Wildman–Crippen LogP) is 17.2. The van der Waals surface area contributed by atoms with Gasteiger partial charge in [0, 0.05) is 60.9 Å². The summed E-state index contributed by atoms with van der Waals surface area (Å²) in [6.45, 7) is 13.9. The van der Waals surface area contributed by atoms with Crippen LogP contribution in [0.1, 0.15) is 75.3 Å². The van der Waals surface area contributed by atoms with Crippen LogP contribution in [0.25, 0.3) is 77.3 Å². The maximum Gasteiger partial charge on any atom is 0.139 e. The number of hydrogen-bond acceptors (Lipinski definition) is 3. The first-order chi connectivity index (χ1) is 31.1. The number of rotatable bonds is 7. The van der Waals surface area contributed by atoms with E-state index in [1.54, 1.807) is 0 Å². The van der Waals surface area contributed by atoms with E-state index < -0.39 is 0 Å². The normalized spacial score (nSPS) is 15.2. The molecule has 12 rings (SSSR count). The van der Waals surface area contributed by atoms with Gasteiger partial charge in [0.25, 0.3) is 0 Å². The Kier molecular flexibility index (Phi) is 8.43. The van der Waals surface area contributed by atoms with Crippen LogP contribution in [0.5, 0.6) is 0 Å². The van der Waals surface area contributed by atoms with E-state index in [9.17, 15) is 0 Å². The molecule has 64 heavy (non-hydrogen) atoms. The Balaban J connectivity index is 0.954. The second-order valence-electron chi connectivity index (χ2n) is 18.8. The first-order valence-corrected chi connectivity index (χ1v) is 22.6. The van der Waals surface area contributed by atoms with E-state index in [1.807, 2.05) is 18.2 Å². The molecule has 1 atom stereocenters. The molecule has 0 saturated heterocycles. The number of anilines is 2. The molecule has 0 bridgehead atoms. The second-order valence-corrected chi connectivity index (χ2v) is 18.8. The Bertz CT molecular complexity index is 3610. The van der Waals surface area contributed by atoms with Gasteiger partial charge in [-0.2, -0.15) is 0 Å². The molecule has 0 amide bonds. The first-order valence-electron chi connectivity index (χ1n) is 22.6. The number of benzene rings is 8. The van der Waals surface area contributed by atoms with Crippen LogP contribution in [-0.2, 0) is 10.8 Å². The second kappa shape index (κ2) is 14.1. The van der Waals surface area contributed by atoms with E-state index in [0.29, 0.717) is 0 Å². The number of allylic oxidation sites excluding steroid dienone is 3. The minimum atomic E-state index is -0.234. The van der Waals surface area contributed by atoms with Gasteiger partial charge in [0.2, 0.25) is 0 Å². The lowest BCUT2D eigenvalue weighted by Gasteiger charge is -2.30. The highest BCUT2D eigenvalue weighted by atomic mass is 16.3. The number of furan rings is 2. The van der Waals surface area contributed by atoms with Crippen LogP contribution in [0.15, 0.2) is 197 Å². The number of nitrogens with zero attached hydrogens (tertiary/aromatic N) is 1. The fourth-order valence-electron chi connectivity index (χ4n) is 11.0. The summed E-state index contributed by atoms with van der Waals surface area (Å²) in [5, 5.41) is 4.61. The molecule has 0 spiro atoms. The summed E-state index contributed by atoms with van der Waals surface area (Å²) in [6, 6.07) is 59.9. The molecular formula is C61H49NO2. The minimum absolute atomic E-state index is 0.102. The van der Waals surface area contributed by atoms with Gasteiger partial charge in [-0.3, -0.25) is 0 Å². The highest BCUT2D eigenvalue weighted by Gasteiger charge is 2.38. The van der Waals surface area contributed by atoms with Crippen molar-refractivity contribution in [3.63, 3.8) is 0 Å². The summed E-state index contributed by atoms with van der Waals surface area (Å²) in [6.07, 6.45) is 6.88. The topological polar surface area (TPSA) is 29.5 Å². The number of fused-ring (bicyclic) bond motifs is 12. The zero-order chi connectivity index (χ0) is 43.5. The molecule has 0 radical (unpaired) electrons. The van der Waals surface area contributed by atoms with E-state index >= 15 is 0 Å². The standard InChI is InChI=1S/C61H49NO2/c1-7-40(26-23-37(2)43-18-14-19-50-48-16-9-13-22-57(48)64-59(43)50)62(41-27-30-46-44-15-8-11-20-52(44)60(3,4)54(46)35-41)42-28-31-47-45-29-24-39(34-53(45)61(5,6)55(47)36-42)38-25-32-58-51(33-38)49-17-10-12-21-56(49)63-58/h7-37H,1-6H3/b26-23-,40-7+. The molecule has 0 N–H and O–H groups in total. The average Bonchev–Trinajstić information content (AvgIpc) is 4.02. The Hall–Kier alpha value is -7.36. The molecule has 2 aromatic heterocycles. The van der Waals surface area contributed by atoms with Crippen LogP contribution in [0.4, 0.5) is 11.4 Å². The maximum atomic E-state index is 6.50. The highest BCUT2D eigenvalue weighted by molar-refractivity contribution is 6.07. The molecule has 310 valence electrons. The summed E-state index contributed by atoms with van der Waals surface area (Å²) < 4.78 is 12.7. The maximum absolute atomic E-state index is 6.50. The van der Waals surface area contributed by atoms with Gasteiger partial charge >= 0.3 is 0 Å².